The average Bonchev–Trinajstić information content (AvgIpc) is 3.47. The summed E-state index contributed by atoms with van der Waals surface area (Å²) in [5.74, 6) is 3.29. The van der Waals surface area contributed by atoms with Gasteiger partial charge in [0.1, 0.15) is 5.76 Å². The molecule has 5 heteroatoms. The van der Waals surface area contributed by atoms with Crippen LogP contribution in [0.5, 0.6) is 0 Å². The van der Waals surface area contributed by atoms with Crippen molar-refractivity contribution in [2.75, 3.05) is 0 Å². The van der Waals surface area contributed by atoms with Crippen LogP contribution in [0.15, 0.2) is 23.4 Å². The summed E-state index contributed by atoms with van der Waals surface area (Å²) in [4.78, 5) is 12.9. The number of fused-ring (bicyclic) bond motifs is 8. The van der Waals surface area contributed by atoms with Gasteiger partial charge in [-0.25, -0.2) is 5.48 Å². The molecule has 2 N–H and O–H groups in total. The van der Waals surface area contributed by atoms with Crippen molar-refractivity contribution < 1.29 is 14.5 Å². The molecule has 4 fully saturated rings. The van der Waals surface area contributed by atoms with Gasteiger partial charge in [0.15, 0.2) is 0 Å². The van der Waals surface area contributed by atoms with E-state index in [1.54, 1.807) is 6.08 Å². The zero-order chi connectivity index (χ0) is 26.1. The van der Waals surface area contributed by atoms with Crippen molar-refractivity contribution in [3.8, 4) is 0 Å². The Morgan fingerprint density at radius 1 is 1.03 bits per heavy atom. The quantitative estimate of drug-likeness (QED) is 0.244. The number of hydroxylamine groups is 1. The topological polar surface area (TPSA) is 75.4 Å². The smallest absolute Gasteiger partial charge is 0.249 e. The highest BCUT2D eigenvalue weighted by Gasteiger charge is 2.70. The zero-order valence-corrected chi connectivity index (χ0v) is 23.5. The van der Waals surface area contributed by atoms with Gasteiger partial charge in [-0.2, -0.15) is 0 Å². The summed E-state index contributed by atoms with van der Waals surface area (Å²) >= 11 is 0. The first-order valence-electron chi connectivity index (χ1n) is 14.4. The van der Waals surface area contributed by atoms with Gasteiger partial charge in [-0.1, -0.05) is 52.3 Å². The van der Waals surface area contributed by atoms with Gasteiger partial charge in [0.25, 0.3) is 0 Å². The standard InChI is InChI=1S/C28H42N2O3.C3H6/c1-24(2)20-10-12-27(5)21(25(20,3)15-17-16-29-33-22(17)24)9-8-18-19-7-6-11-28(19,23(31)30-32)14-13-26(18,27)4;1-3-2/h16,18-21,32H,6-15H2,1-5H3,(H,30,31);3H,1H2,2H3/t18?,19?,20?,21?,25?,26-,27?,28?;/m1./s1. The van der Waals surface area contributed by atoms with Gasteiger partial charge in [-0.15, -0.1) is 6.58 Å². The van der Waals surface area contributed by atoms with E-state index in [0.717, 1.165) is 44.3 Å². The van der Waals surface area contributed by atoms with E-state index >= 15 is 0 Å². The molecule has 1 amide bonds. The summed E-state index contributed by atoms with van der Waals surface area (Å²) < 4.78 is 5.82. The molecule has 5 aliphatic carbocycles. The molecule has 0 bridgehead atoms. The summed E-state index contributed by atoms with van der Waals surface area (Å²) in [5.41, 5.74) is 3.85. The Hall–Kier alpha value is -1.62. The molecule has 0 aromatic carbocycles. The predicted octanol–water partition coefficient (Wildman–Crippen LogP) is 7.24. The minimum absolute atomic E-state index is 0.0182. The van der Waals surface area contributed by atoms with E-state index in [1.807, 2.05) is 13.1 Å². The van der Waals surface area contributed by atoms with Crippen LogP contribution in [0.3, 0.4) is 0 Å². The number of hydrogen-bond acceptors (Lipinski definition) is 4. The first kappa shape index (κ1) is 26.0. The lowest BCUT2D eigenvalue weighted by molar-refractivity contribution is -0.224. The average molecular weight is 497 g/mol. The fraction of sp³-hybridized carbons (Fsp3) is 0.806. The van der Waals surface area contributed by atoms with Crippen molar-refractivity contribution in [3.63, 3.8) is 0 Å². The lowest BCUT2D eigenvalue weighted by atomic mass is 9.32. The molecule has 36 heavy (non-hydrogen) atoms. The van der Waals surface area contributed by atoms with E-state index in [1.165, 1.54) is 31.2 Å². The van der Waals surface area contributed by atoms with Crippen LogP contribution in [-0.2, 0) is 16.6 Å². The maximum absolute atomic E-state index is 12.9. The lowest BCUT2D eigenvalue weighted by Gasteiger charge is -2.71. The van der Waals surface area contributed by atoms with Crippen molar-refractivity contribution in [1.29, 1.82) is 0 Å². The Bertz CT molecular complexity index is 1030. The summed E-state index contributed by atoms with van der Waals surface area (Å²) in [5, 5.41) is 13.8. The van der Waals surface area contributed by atoms with Crippen LogP contribution < -0.4 is 5.48 Å². The molecule has 5 nitrogen and oxygen atoms in total. The Balaban J connectivity index is 0.000000848. The summed E-state index contributed by atoms with van der Waals surface area (Å²) in [6, 6.07) is 0. The van der Waals surface area contributed by atoms with E-state index in [9.17, 15) is 10.0 Å². The minimum atomic E-state index is -0.340. The van der Waals surface area contributed by atoms with E-state index in [4.69, 9.17) is 4.52 Å². The molecule has 7 unspecified atom stereocenters. The van der Waals surface area contributed by atoms with Gasteiger partial charge in [0.2, 0.25) is 5.91 Å². The van der Waals surface area contributed by atoms with Crippen LogP contribution >= 0.6 is 0 Å². The first-order valence-corrected chi connectivity index (χ1v) is 14.4. The molecule has 1 heterocycles. The largest absolute Gasteiger partial charge is 0.361 e. The molecule has 0 saturated heterocycles. The van der Waals surface area contributed by atoms with Crippen LogP contribution in [-0.4, -0.2) is 16.3 Å². The van der Waals surface area contributed by atoms with Gasteiger partial charge >= 0.3 is 0 Å². The third kappa shape index (κ3) is 3.10. The molecule has 0 aliphatic heterocycles. The Morgan fingerprint density at radius 3 is 2.44 bits per heavy atom. The first-order chi connectivity index (χ1) is 17.0. The fourth-order valence-electron chi connectivity index (χ4n) is 11.4. The normalized spacial score (nSPS) is 46.0. The molecular formula is C31H48N2O3. The molecule has 1 aromatic heterocycles. The monoisotopic (exact) mass is 496 g/mol. The minimum Gasteiger partial charge on any atom is -0.361 e. The van der Waals surface area contributed by atoms with Gasteiger partial charge in [-0.05, 0) is 105 Å². The number of aromatic nitrogens is 1. The van der Waals surface area contributed by atoms with Crippen molar-refractivity contribution in [2.24, 2.45) is 45.3 Å². The molecule has 0 spiro atoms. The highest BCUT2D eigenvalue weighted by atomic mass is 16.5. The number of hydrogen-bond donors (Lipinski definition) is 2. The number of carbonyl (C=O) groups is 1. The second kappa shape index (κ2) is 8.44. The van der Waals surface area contributed by atoms with Crippen LogP contribution in [0.25, 0.3) is 0 Å². The Labute approximate surface area is 217 Å². The molecule has 0 radical (unpaired) electrons. The van der Waals surface area contributed by atoms with Crippen molar-refractivity contribution >= 4 is 5.91 Å². The number of amides is 1. The molecule has 5 aliphatic rings. The number of rotatable bonds is 1. The maximum Gasteiger partial charge on any atom is 0.249 e. The highest BCUT2D eigenvalue weighted by Crippen LogP contribution is 2.76. The Kier molecular flexibility index (Phi) is 6.10. The Morgan fingerprint density at radius 2 is 1.75 bits per heavy atom. The van der Waals surface area contributed by atoms with Crippen LogP contribution in [0.1, 0.15) is 111 Å². The number of nitrogens with one attached hydrogen (secondary N) is 1. The molecule has 8 atom stereocenters. The highest BCUT2D eigenvalue weighted by molar-refractivity contribution is 5.82. The predicted molar refractivity (Wildman–Crippen MR) is 141 cm³/mol. The van der Waals surface area contributed by atoms with E-state index in [-0.39, 0.29) is 33.0 Å². The molecular weight excluding hydrogens is 448 g/mol. The second-order valence-corrected chi connectivity index (χ2v) is 14.3. The van der Waals surface area contributed by atoms with Gasteiger partial charge < -0.3 is 4.52 Å². The van der Waals surface area contributed by atoms with Crippen LogP contribution in [0.2, 0.25) is 0 Å². The van der Waals surface area contributed by atoms with Crippen molar-refractivity contribution in [1.82, 2.24) is 10.6 Å². The van der Waals surface area contributed by atoms with Crippen LogP contribution in [0, 0.1) is 45.3 Å². The van der Waals surface area contributed by atoms with E-state index < -0.39 is 0 Å². The molecule has 6 rings (SSSR count). The molecule has 200 valence electrons. The van der Waals surface area contributed by atoms with Crippen LogP contribution in [0.4, 0.5) is 0 Å². The fourth-order valence-corrected chi connectivity index (χ4v) is 11.4. The third-order valence-corrected chi connectivity index (χ3v) is 12.9. The number of carbonyl (C=O) groups excluding carboxylic acids is 1. The maximum atomic E-state index is 12.9. The SMILES string of the molecule is C=CC.CC1(C)c2oncc2CC2(C)C1CCC1(C)C2CCC2C3CCCC3(C(=O)NO)CC[C@]21C. The number of allylic oxidation sites excluding steroid dienone is 1. The van der Waals surface area contributed by atoms with Crippen molar-refractivity contribution in [3.05, 3.63) is 30.2 Å². The van der Waals surface area contributed by atoms with E-state index in [2.05, 4.69) is 51.8 Å². The van der Waals surface area contributed by atoms with Gasteiger partial charge in [-0.3, -0.25) is 10.0 Å². The zero-order valence-electron chi connectivity index (χ0n) is 23.5. The van der Waals surface area contributed by atoms with Crippen molar-refractivity contribution in [2.45, 2.75) is 111 Å². The number of nitrogens with zero attached hydrogens (tertiary/aromatic N) is 1. The third-order valence-electron chi connectivity index (χ3n) is 12.9. The summed E-state index contributed by atoms with van der Waals surface area (Å²) in [6.45, 7) is 17.8. The summed E-state index contributed by atoms with van der Waals surface area (Å²) in [7, 11) is 0. The lowest BCUT2D eigenvalue weighted by Crippen LogP contribution is -2.66. The molecule has 4 saturated carbocycles. The second-order valence-electron chi connectivity index (χ2n) is 14.3. The van der Waals surface area contributed by atoms with E-state index in [0.29, 0.717) is 23.7 Å². The van der Waals surface area contributed by atoms with Gasteiger partial charge in [0.05, 0.1) is 11.6 Å². The van der Waals surface area contributed by atoms with Gasteiger partial charge in [0, 0.05) is 11.0 Å². The summed E-state index contributed by atoms with van der Waals surface area (Å²) in [6.07, 6.45) is 15.1. The molecule has 1 aromatic rings.